The molecule has 0 aromatic rings. The van der Waals surface area contributed by atoms with Gasteiger partial charge in [-0.15, -0.1) is 0 Å². The third-order valence-corrected chi connectivity index (χ3v) is 4.31. The maximum absolute atomic E-state index is 4.93. The molecule has 0 fully saturated rings. The molecule has 0 unspecified atom stereocenters. The molecule has 1 heteroatoms. The van der Waals surface area contributed by atoms with E-state index in [-0.39, 0.29) is 0 Å². The Hall–Kier alpha value is -0.330. The van der Waals surface area contributed by atoms with Crippen LogP contribution in [0.4, 0.5) is 0 Å². The Kier molecular flexibility index (Phi) is 7.62. The van der Waals surface area contributed by atoms with E-state index in [0.29, 0.717) is 5.41 Å². The lowest BCUT2D eigenvalue weighted by Crippen LogP contribution is -2.24. The molecule has 18 heavy (non-hydrogen) atoms. The summed E-state index contributed by atoms with van der Waals surface area (Å²) in [5, 5.41) is 0. The molecular weight excluding hydrogens is 218 g/mol. The molecule has 1 aliphatic heterocycles. The third kappa shape index (κ3) is 6.02. The molecule has 0 aromatic heterocycles. The van der Waals surface area contributed by atoms with Gasteiger partial charge in [-0.05, 0) is 25.7 Å². The van der Waals surface area contributed by atoms with Crippen molar-refractivity contribution in [2.45, 2.75) is 91.4 Å². The summed E-state index contributed by atoms with van der Waals surface area (Å²) in [4.78, 5) is 4.93. The maximum atomic E-state index is 4.93. The van der Waals surface area contributed by atoms with Crippen LogP contribution in [0, 0.1) is 5.41 Å². The number of rotatable bonds is 6. The minimum Gasteiger partial charge on any atom is -0.294 e. The lowest BCUT2D eigenvalue weighted by atomic mass is 9.80. The Balaban J connectivity index is 2.45. The zero-order valence-electron chi connectivity index (χ0n) is 12.9. The summed E-state index contributed by atoms with van der Waals surface area (Å²) >= 11 is 0. The predicted molar refractivity (Wildman–Crippen MR) is 82.5 cm³/mol. The second kappa shape index (κ2) is 8.72. The van der Waals surface area contributed by atoms with Crippen LogP contribution in [0.15, 0.2) is 4.99 Å². The van der Waals surface area contributed by atoms with Gasteiger partial charge in [-0.1, -0.05) is 65.7 Å². The van der Waals surface area contributed by atoms with Gasteiger partial charge in [0.25, 0.3) is 0 Å². The van der Waals surface area contributed by atoms with Gasteiger partial charge in [0.15, 0.2) is 0 Å². The van der Waals surface area contributed by atoms with E-state index in [1.54, 1.807) is 0 Å². The molecule has 1 aliphatic rings. The van der Waals surface area contributed by atoms with Crippen LogP contribution < -0.4 is 0 Å². The summed E-state index contributed by atoms with van der Waals surface area (Å²) in [7, 11) is 0. The molecule has 106 valence electrons. The Bertz CT molecular complexity index is 240. The van der Waals surface area contributed by atoms with Crippen molar-refractivity contribution < 1.29 is 0 Å². The molecule has 1 heterocycles. The zero-order valence-corrected chi connectivity index (χ0v) is 12.9. The van der Waals surface area contributed by atoms with Gasteiger partial charge in [-0.2, -0.15) is 0 Å². The second-order valence-electron chi connectivity index (χ2n) is 6.54. The quantitative estimate of drug-likeness (QED) is 0.531. The van der Waals surface area contributed by atoms with E-state index in [9.17, 15) is 0 Å². The first-order chi connectivity index (χ1) is 8.67. The second-order valence-corrected chi connectivity index (χ2v) is 6.54. The molecule has 0 aliphatic carbocycles. The van der Waals surface area contributed by atoms with Crippen molar-refractivity contribution in [2.24, 2.45) is 10.4 Å². The molecule has 0 saturated heterocycles. The highest BCUT2D eigenvalue weighted by Gasteiger charge is 2.24. The van der Waals surface area contributed by atoms with Crippen LogP contribution in [0.3, 0.4) is 0 Å². The Morgan fingerprint density at radius 3 is 2.44 bits per heavy atom. The van der Waals surface area contributed by atoms with Gasteiger partial charge >= 0.3 is 0 Å². The highest BCUT2D eigenvalue weighted by Crippen LogP contribution is 2.29. The van der Waals surface area contributed by atoms with Gasteiger partial charge in [0.2, 0.25) is 0 Å². The van der Waals surface area contributed by atoms with Crippen molar-refractivity contribution in [3.63, 3.8) is 0 Å². The van der Waals surface area contributed by atoms with Crippen molar-refractivity contribution in [3.8, 4) is 0 Å². The molecular formula is C17H33N. The SMILES string of the molecule is CCCCCCC(C)(C)/C1=N/CCCCCCC1. The average Bonchev–Trinajstić information content (AvgIpc) is 2.48. The van der Waals surface area contributed by atoms with Crippen LogP contribution in [-0.2, 0) is 0 Å². The Labute approximate surface area is 114 Å². The van der Waals surface area contributed by atoms with Gasteiger partial charge in [0.1, 0.15) is 0 Å². The van der Waals surface area contributed by atoms with Gasteiger partial charge in [0.05, 0.1) is 0 Å². The number of unbranched alkanes of at least 4 members (excludes halogenated alkanes) is 3. The molecule has 0 radical (unpaired) electrons. The van der Waals surface area contributed by atoms with E-state index in [4.69, 9.17) is 4.99 Å². The normalized spacial score (nSPS) is 21.6. The van der Waals surface area contributed by atoms with Crippen LogP contribution in [0.2, 0.25) is 0 Å². The number of hydrogen-bond donors (Lipinski definition) is 0. The Morgan fingerprint density at radius 2 is 1.67 bits per heavy atom. The van der Waals surface area contributed by atoms with Crippen LogP contribution >= 0.6 is 0 Å². The summed E-state index contributed by atoms with van der Waals surface area (Å²) in [6, 6.07) is 0. The molecule has 1 rings (SSSR count). The van der Waals surface area contributed by atoms with Crippen LogP contribution in [0.25, 0.3) is 0 Å². The van der Waals surface area contributed by atoms with E-state index in [0.717, 1.165) is 6.54 Å². The molecule has 0 aromatic carbocycles. The molecule has 1 nitrogen and oxygen atoms in total. The molecule has 0 saturated carbocycles. The first-order valence-corrected chi connectivity index (χ1v) is 8.20. The number of hydrogen-bond acceptors (Lipinski definition) is 1. The molecule has 0 spiro atoms. The summed E-state index contributed by atoms with van der Waals surface area (Å²) in [5.74, 6) is 0. The highest BCUT2D eigenvalue weighted by atomic mass is 14.7. The average molecular weight is 251 g/mol. The number of aliphatic imine (C=N–C) groups is 1. The van der Waals surface area contributed by atoms with E-state index >= 15 is 0 Å². The van der Waals surface area contributed by atoms with Crippen molar-refractivity contribution in [1.29, 1.82) is 0 Å². The minimum atomic E-state index is 0.345. The largest absolute Gasteiger partial charge is 0.294 e. The first kappa shape index (κ1) is 15.7. The maximum Gasteiger partial charge on any atom is 0.0388 e. The van der Waals surface area contributed by atoms with Crippen molar-refractivity contribution in [3.05, 3.63) is 0 Å². The number of nitrogens with zero attached hydrogens (tertiary/aromatic N) is 1. The Morgan fingerprint density at radius 1 is 0.944 bits per heavy atom. The molecule has 0 atom stereocenters. The van der Waals surface area contributed by atoms with E-state index in [1.807, 2.05) is 0 Å². The monoisotopic (exact) mass is 251 g/mol. The van der Waals surface area contributed by atoms with Gasteiger partial charge < -0.3 is 0 Å². The van der Waals surface area contributed by atoms with E-state index in [1.165, 1.54) is 76.3 Å². The fourth-order valence-electron chi connectivity index (χ4n) is 2.92. The van der Waals surface area contributed by atoms with Crippen LogP contribution in [0.5, 0.6) is 0 Å². The fraction of sp³-hybridized carbons (Fsp3) is 0.941. The first-order valence-electron chi connectivity index (χ1n) is 8.20. The van der Waals surface area contributed by atoms with Gasteiger partial charge in [0, 0.05) is 17.7 Å². The smallest absolute Gasteiger partial charge is 0.0388 e. The van der Waals surface area contributed by atoms with Crippen molar-refractivity contribution in [2.75, 3.05) is 6.54 Å². The lowest BCUT2D eigenvalue weighted by Gasteiger charge is -2.27. The third-order valence-electron chi connectivity index (χ3n) is 4.31. The summed E-state index contributed by atoms with van der Waals surface area (Å²) in [5.41, 5.74) is 1.86. The van der Waals surface area contributed by atoms with E-state index < -0.39 is 0 Å². The molecule has 0 N–H and O–H groups in total. The summed E-state index contributed by atoms with van der Waals surface area (Å²) in [6.45, 7) is 8.19. The van der Waals surface area contributed by atoms with E-state index in [2.05, 4.69) is 20.8 Å². The van der Waals surface area contributed by atoms with Gasteiger partial charge in [-0.25, -0.2) is 0 Å². The van der Waals surface area contributed by atoms with Crippen molar-refractivity contribution >= 4 is 5.71 Å². The molecule has 0 bridgehead atoms. The minimum absolute atomic E-state index is 0.345. The topological polar surface area (TPSA) is 12.4 Å². The molecule has 0 amide bonds. The standard InChI is InChI=1S/C17H33N/c1-4-5-6-11-14-17(2,3)16-13-10-8-7-9-12-15-18-16/h4-15H2,1-3H3/b18-16+. The van der Waals surface area contributed by atoms with Crippen LogP contribution in [0.1, 0.15) is 91.4 Å². The predicted octanol–water partition coefficient (Wildman–Crippen LogP) is 5.78. The lowest BCUT2D eigenvalue weighted by molar-refractivity contribution is 0.432. The zero-order chi connectivity index (χ0) is 13.3. The fourth-order valence-corrected chi connectivity index (χ4v) is 2.92. The summed E-state index contributed by atoms with van der Waals surface area (Å²) in [6.07, 6.45) is 14.9. The van der Waals surface area contributed by atoms with Crippen LogP contribution in [-0.4, -0.2) is 12.3 Å². The van der Waals surface area contributed by atoms with Gasteiger partial charge in [-0.3, -0.25) is 4.99 Å². The highest BCUT2D eigenvalue weighted by molar-refractivity contribution is 5.89. The van der Waals surface area contributed by atoms with Crippen molar-refractivity contribution in [1.82, 2.24) is 0 Å². The summed E-state index contributed by atoms with van der Waals surface area (Å²) < 4.78 is 0.